The molecule has 248 valence electrons. The summed E-state index contributed by atoms with van der Waals surface area (Å²) < 4.78 is 34.0. The first-order valence-corrected chi connectivity index (χ1v) is 19.3. The number of halogens is 1. The highest BCUT2D eigenvalue weighted by molar-refractivity contribution is 8.12. The van der Waals surface area contributed by atoms with E-state index >= 15 is 0 Å². The molecule has 5 aromatic rings. The minimum atomic E-state index is -4.94. The molecule has 0 N–H and O–H groups in total. The average molecular weight is 713 g/mol. The number of benzene rings is 4. The zero-order chi connectivity index (χ0) is 34.5. The Bertz CT molecular complexity index is 2140. The Hall–Kier alpha value is -4.37. The van der Waals surface area contributed by atoms with Crippen molar-refractivity contribution in [1.82, 2.24) is 0 Å². The van der Waals surface area contributed by atoms with E-state index in [-0.39, 0.29) is 0 Å². The maximum Gasteiger partial charge on any atom is 0.239 e. The molecule has 2 heterocycles. The van der Waals surface area contributed by atoms with Gasteiger partial charge in [-0.1, -0.05) is 139 Å². The van der Waals surface area contributed by atoms with Gasteiger partial charge in [0.1, 0.15) is 0 Å². The van der Waals surface area contributed by atoms with Crippen molar-refractivity contribution in [3.05, 3.63) is 189 Å². The summed E-state index contributed by atoms with van der Waals surface area (Å²) in [5, 5.41) is 0. The summed E-state index contributed by atoms with van der Waals surface area (Å²) in [6, 6.07) is 45.9. The molecule has 0 saturated carbocycles. The predicted molar refractivity (Wildman–Crippen MR) is 197 cm³/mol. The monoisotopic (exact) mass is 712 g/mol. The van der Waals surface area contributed by atoms with Gasteiger partial charge in [0.2, 0.25) is 21.1 Å². The van der Waals surface area contributed by atoms with E-state index in [1.165, 1.54) is 75.2 Å². The molecule has 0 fully saturated rings. The molecule has 1 aromatic heterocycles. The number of rotatable bonds is 6. The van der Waals surface area contributed by atoms with Crippen LogP contribution in [0.2, 0.25) is 0 Å². The molecular formula is C43H33ClO4S2. The zero-order valence-electron chi connectivity index (χ0n) is 27.1. The van der Waals surface area contributed by atoms with Crippen molar-refractivity contribution in [2.24, 2.45) is 0 Å². The van der Waals surface area contributed by atoms with Crippen LogP contribution in [-0.4, -0.2) is 0 Å². The van der Waals surface area contributed by atoms with E-state index < -0.39 is 10.2 Å². The Morgan fingerprint density at radius 3 is 1.80 bits per heavy atom. The van der Waals surface area contributed by atoms with Crippen molar-refractivity contribution in [3.8, 4) is 21.6 Å². The van der Waals surface area contributed by atoms with Crippen molar-refractivity contribution >= 4 is 39.2 Å². The fourth-order valence-corrected chi connectivity index (χ4v) is 9.26. The lowest BCUT2D eigenvalue weighted by molar-refractivity contribution is -2.00. The standard InChI is InChI=1S/C43H33S2.ClHO4/c1-5-14-30(15-6-1)38-28-40(32-18-9-3-10-19-32)44-42-34(24-26-36(38)42)22-13-23-35-25-27-37-39(31-16-7-2-8-17-31)29-41(45-43(35)37)33-20-11-4-12-21-33;2-1(3,4)5/h1-23,28-29H,24-27H2;(H,2,3,4,5)/q+1;/p-1. The minimum Gasteiger partial charge on any atom is -0.222 e. The highest BCUT2D eigenvalue weighted by atomic mass is 35.7. The number of thioether (sulfide) groups is 1. The lowest BCUT2D eigenvalue weighted by Gasteiger charge is -2.21. The van der Waals surface area contributed by atoms with Gasteiger partial charge in [-0.2, -0.15) is 0 Å². The molecule has 8 rings (SSSR count). The molecule has 0 amide bonds. The van der Waals surface area contributed by atoms with Gasteiger partial charge in [0.05, 0.1) is 0 Å². The van der Waals surface area contributed by atoms with Crippen LogP contribution in [-0.2, 0) is 6.42 Å². The Kier molecular flexibility index (Phi) is 10.4. The van der Waals surface area contributed by atoms with Crippen molar-refractivity contribution in [1.29, 1.82) is 0 Å². The van der Waals surface area contributed by atoms with E-state index in [0.29, 0.717) is 0 Å². The molecule has 0 spiro atoms. The third-order valence-corrected chi connectivity index (χ3v) is 11.5. The number of hydrogen-bond donors (Lipinski definition) is 0. The molecule has 3 aliphatic rings. The van der Waals surface area contributed by atoms with Gasteiger partial charge in [0, 0.05) is 32.6 Å². The lowest BCUT2D eigenvalue weighted by Crippen LogP contribution is -2.68. The molecule has 0 unspecified atom stereocenters. The SMILES string of the molecule is C1=C(c2ccccc2)SC2=C(/C=C/C=C3/CCc4c(-c5ccccc5)cc(-c5ccccc5)[s+]c43)CCC2=C1c1ccccc1.[O-][Cl+3]([O-])([O-])[O-]. The minimum absolute atomic E-state index is 1.08. The molecule has 4 aromatic carbocycles. The normalized spacial score (nSPS) is 16.3. The van der Waals surface area contributed by atoms with Crippen LogP contribution in [0.4, 0.5) is 0 Å². The first kappa shape index (κ1) is 34.1. The van der Waals surface area contributed by atoms with Crippen LogP contribution in [0, 0.1) is 10.2 Å². The van der Waals surface area contributed by atoms with E-state index in [4.69, 9.17) is 18.6 Å². The second-order valence-electron chi connectivity index (χ2n) is 12.1. The van der Waals surface area contributed by atoms with Gasteiger partial charge >= 0.3 is 0 Å². The van der Waals surface area contributed by atoms with Crippen LogP contribution in [0.3, 0.4) is 0 Å². The lowest BCUT2D eigenvalue weighted by atomic mass is 9.97. The number of hydrogen-bond acceptors (Lipinski definition) is 5. The van der Waals surface area contributed by atoms with E-state index in [2.05, 4.69) is 152 Å². The Balaban J connectivity index is 0.000000734. The first-order valence-electron chi connectivity index (χ1n) is 16.4. The van der Waals surface area contributed by atoms with Crippen LogP contribution in [0.15, 0.2) is 168 Å². The summed E-state index contributed by atoms with van der Waals surface area (Å²) in [6.07, 6.45) is 13.9. The van der Waals surface area contributed by atoms with Crippen molar-refractivity contribution < 1.29 is 28.9 Å². The summed E-state index contributed by atoms with van der Waals surface area (Å²) in [5.41, 5.74) is 13.8. The Labute approximate surface area is 303 Å². The number of fused-ring (bicyclic) bond motifs is 2. The van der Waals surface area contributed by atoms with E-state index in [0.717, 1.165) is 25.7 Å². The molecule has 7 heteroatoms. The summed E-state index contributed by atoms with van der Waals surface area (Å²) >= 11 is 3.89. The van der Waals surface area contributed by atoms with Crippen LogP contribution in [0.5, 0.6) is 0 Å². The van der Waals surface area contributed by atoms with Gasteiger partial charge in [-0.25, -0.2) is 18.6 Å². The quantitative estimate of drug-likeness (QED) is 0.168. The summed E-state index contributed by atoms with van der Waals surface area (Å²) in [5.74, 6) is 0. The molecule has 2 aliphatic carbocycles. The van der Waals surface area contributed by atoms with Crippen molar-refractivity contribution in [2.45, 2.75) is 25.7 Å². The molecule has 0 radical (unpaired) electrons. The highest BCUT2D eigenvalue weighted by Gasteiger charge is 2.32. The second kappa shape index (κ2) is 15.3. The van der Waals surface area contributed by atoms with Gasteiger partial charge in [0.15, 0.2) is 0 Å². The first-order chi connectivity index (χ1) is 24.3. The molecule has 1 aliphatic heterocycles. The summed E-state index contributed by atoms with van der Waals surface area (Å²) in [4.78, 5) is 5.54. The summed E-state index contributed by atoms with van der Waals surface area (Å²) in [6.45, 7) is 0. The smallest absolute Gasteiger partial charge is 0.222 e. The molecular weight excluding hydrogens is 680 g/mol. The molecule has 50 heavy (non-hydrogen) atoms. The van der Waals surface area contributed by atoms with Gasteiger partial charge in [0.25, 0.3) is 0 Å². The maximum atomic E-state index is 8.49. The molecule has 0 atom stereocenters. The van der Waals surface area contributed by atoms with Crippen LogP contribution in [0.1, 0.15) is 40.8 Å². The third-order valence-electron chi connectivity index (χ3n) is 8.93. The largest absolute Gasteiger partial charge is 0.239 e. The van der Waals surface area contributed by atoms with Crippen LogP contribution >= 0.6 is 23.1 Å². The average Bonchev–Trinajstić information content (AvgIpc) is 3.75. The second-order valence-corrected chi connectivity index (χ2v) is 14.9. The van der Waals surface area contributed by atoms with Crippen LogP contribution < -0.4 is 18.6 Å². The fourth-order valence-electron chi connectivity index (χ4n) is 6.68. The molecule has 0 saturated heterocycles. The maximum absolute atomic E-state index is 8.49. The Morgan fingerprint density at radius 2 is 1.18 bits per heavy atom. The molecule has 4 nitrogen and oxygen atoms in total. The predicted octanol–water partition coefficient (Wildman–Crippen LogP) is 7.78. The third kappa shape index (κ3) is 7.99. The van der Waals surface area contributed by atoms with Crippen LogP contribution in [0.25, 0.3) is 37.6 Å². The molecule has 0 bridgehead atoms. The van der Waals surface area contributed by atoms with E-state index in [9.17, 15) is 0 Å². The van der Waals surface area contributed by atoms with Gasteiger partial charge in [-0.3, -0.25) is 0 Å². The fraction of sp³-hybridized carbons (Fsp3) is 0.0930. The van der Waals surface area contributed by atoms with Crippen molar-refractivity contribution in [2.75, 3.05) is 0 Å². The zero-order valence-corrected chi connectivity index (χ0v) is 29.5. The van der Waals surface area contributed by atoms with Gasteiger partial charge in [-0.15, -0.1) is 10.2 Å². The Morgan fingerprint density at radius 1 is 0.620 bits per heavy atom. The summed E-state index contributed by atoms with van der Waals surface area (Å²) in [7, 11) is -4.94. The highest BCUT2D eigenvalue weighted by Crippen LogP contribution is 2.53. The van der Waals surface area contributed by atoms with Gasteiger partial charge in [-0.05, 0) is 82.9 Å². The van der Waals surface area contributed by atoms with E-state index in [1.807, 2.05) is 23.1 Å². The van der Waals surface area contributed by atoms with Crippen molar-refractivity contribution in [3.63, 3.8) is 0 Å². The number of allylic oxidation sites excluding steroid dienone is 8. The van der Waals surface area contributed by atoms with Gasteiger partial charge < -0.3 is 0 Å². The topological polar surface area (TPSA) is 92.2 Å². The van der Waals surface area contributed by atoms with E-state index in [1.54, 1.807) is 0 Å².